The number of hydrogen-bond acceptors (Lipinski definition) is 5. The van der Waals surface area contributed by atoms with Gasteiger partial charge in [0.25, 0.3) is 0 Å². The van der Waals surface area contributed by atoms with Gasteiger partial charge in [-0.2, -0.15) is 0 Å². The van der Waals surface area contributed by atoms with E-state index in [2.05, 4.69) is 5.16 Å². The van der Waals surface area contributed by atoms with Crippen molar-refractivity contribution in [1.29, 1.82) is 0 Å². The minimum absolute atomic E-state index is 0.0272. The van der Waals surface area contributed by atoms with E-state index >= 15 is 0 Å². The van der Waals surface area contributed by atoms with E-state index in [0.29, 0.717) is 18.8 Å². The van der Waals surface area contributed by atoms with Crippen molar-refractivity contribution in [1.82, 2.24) is 5.16 Å². The number of thioether (sulfide) groups is 1. The molecule has 0 bridgehead atoms. The Kier molecular flexibility index (Phi) is 6.13. The Morgan fingerprint density at radius 3 is 2.48 bits per heavy atom. The molecule has 0 saturated carbocycles. The third-order valence-electron chi connectivity index (χ3n) is 5.69. The lowest BCUT2D eigenvalue weighted by molar-refractivity contribution is -0.124. The number of aryl methyl sites for hydroxylation is 2. The second kappa shape index (κ2) is 8.98. The summed E-state index contributed by atoms with van der Waals surface area (Å²) in [4.78, 5) is 31.0. The van der Waals surface area contributed by atoms with Gasteiger partial charge in [-0.15, -0.1) is 11.8 Å². The predicted molar refractivity (Wildman–Crippen MR) is 122 cm³/mol. The van der Waals surface area contributed by atoms with Gasteiger partial charge in [0, 0.05) is 34.8 Å². The molecule has 1 aromatic heterocycles. The van der Waals surface area contributed by atoms with Crippen molar-refractivity contribution in [3.8, 4) is 0 Å². The quantitative estimate of drug-likeness (QED) is 0.530. The van der Waals surface area contributed by atoms with Crippen molar-refractivity contribution in [2.75, 3.05) is 22.6 Å². The van der Waals surface area contributed by atoms with Crippen LogP contribution in [0.1, 0.15) is 23.4 Å². The molecule has 6 nitrogen and oxygen atoms in total. The minimum atomic E-state index is -0.409. The lowest BCUT2D eigenvalue weighted by Gasteiger charge is -2.26. The van der Waals surface area contributed by atoms with Crippen LogP contribution in [0.25, 0.3) is 0 Å². The molecule has 1 fully saturated rings. The molecule has 0 aliphatic carbocycles. The van der Waals surface area contributed by atoms with E-state index < -0.39 is 5.92 Å². The van der Waals surface area contributed by atoms with Crippen molar-refractivity contribution in [2.45, 2.75) is 31.7 Å². The largest absolute Gasteiger partial charge is 0.361 e. The second-order valence-corrected chi connectivity index (χ2v) is 8.55. The van der Waals surface area contributed by atoms with E-state index in [-0.39, 0.29) is 18.2 Å². The number of hydrogen-bond donors (Lipinski definition) is 0. The topological polar surface area (TPSA) is 66.7 Å². The summed E-state index contributed by atoms with van der Waals surface area (Å²) in [7, 11) is 0. The normalized spacial score (nSPS) is 16.0. The molecule has 1 aliphatic heterocycles. The summed E-state index contributed by atoms with van der Waals surface area (Å²) in [6, 6.07) is 17.4. The van der Waals surface area contributed by atoms with Gasteiger partial charge in [0.1, 0.15) is 5.76 Å². The van der Waals surface area contributed by atoms with E-state index in [1.54, 1.807) is 21.6 Å². The molecule has 0 N–H and O–H groups in total. The van der Waals surface area contributed by atoms with E-state index in [9.17, 15) is 9.59 Å². The first-order chi connectivity index (χ1) is 15.0. The van der Waals surface area contributed by atoms with E-state index in [0.717, 1.165) is 27.5 Å². The number of amides is 2. The second-order valence-electron chi connectivity index (χ2n) is 7.67. The van der Waals surface area contributed by atoms with Gasteiger partial charge >= 0.3 is 0 Å². The molecule has 7 heteroatoms. The van der Waals surface area contributed by atoms with Crippen molar-refractivity contribution in [2.24, 2.45) is 5.92 Å². The van der Waals surface area contributed by atoms with E-state index in [1.807, 2.05) is 74.7 Å². The average molecular weight is 436 g/mol. The summed E-state index contributed by atoms with van der Waals surface area (Å²) in [5.74, 6) is 0.195. The SMILES string of the molecule is CSc1ccc(N2CC(C(=O)N(Cc3c(C)noc3C)c3ccccc3)CC2=O)cc1. The lowest BCUT2D eigenvalue weighted by atomic mass is 10.1. The van der Waals surface area contributed by atoms with Crippen LogP contribution in [0.15, 0.2) is 64.0 Å². The average Bonchev–Trinajstić information content (AvgIpc) is 3.34. The van der Waals surface area contributed by atoms with Crippen molar-refractivity contribution >= 4 is 35.0 Å². The van der Waals surface area contributed by atoms with Gasteiger partial charge in [-0.3, -0.25) is 9.59 Å². The Bertz CT molecular complexity index is 1060. The van der Waals surface area contributed by atoms with Crippen LogP contribution in [-0.4, -0.2) is 29.8 Å². The highest BCUT2D eigenvalue weighted by atomic mass is 32.2. The molecule has 160 valence electrons. The standard InChI is InChI=1S/C24H25N3O3S/c1-16-22(17(2)30-25-16)15-27(19-7-5-4-6-8-19)24(29)18-13-23(28)26(14-18)20-9-11-21(31-3)12-10-20/h4-12,18H,13-15H2,1-3H3. The van der Waals surface area contributed by atoms with Crippen LogP contribution < -0.4 is 9.80 Å². The smallest absolute Gasteiger partial charge is 0.232 e. The minimum Gasteiger partial charge on any atom is -0.361 e. The molecule has 1 atom stereocenters. The molecule has 2 heterocycles. The monoisotopic (exact) mass is 435 g/mol. The zero-order valence-corrected chi connectivity index (χ0v) is 18.7. The lowest BCUT2D eigenvalue weighted by Crippen LogP contribution is -2.37. The first-order valence-electron chi connectivity index (χ1n) is 10.2. The fraction of sp³-hybridized carbons (Fsp3) is 0.292. The van der Waals surface area contributed by atoms with Crippen molar-refractivity contribution < 1.29 is 14.1 Å². The zero-order chi connectivity index (χ0) is 22.0. The van der Waals surface area contributed by atoms with Gasteiger partial charge in [0.05, 0.1) is 18.2 Å². The molecule has 1 aliphatic rings. The first kappa shape index (κ1) is 21.2. The molecule has 1 unspecified atom stereocenters. The van der Waals surface area contributed by atoms with Gasteiger partial charge in [-0.25, -0.2) is 0 Å². The van der Waals surface area contributed by atoms with Crippen LogP contribution in [0.3, 0.4) is 0 Å². The molecule has 2 aromatic carbocycles. The highest BCUT2D eigenvalue weighted by Gasteiger charge is 2.38. The summed E-state index contributed by atoms with van der Waals surface area (Å²) >= 11 is 1.65. The fourth-order valence-corrected chi connectivity index (χ4v) is 4.30. The molecule has 0 spiro atoms. The van der Waals surface area contributed by atoms with Gasteiger partial charge in [-0.05, 0) is 56.5 Å². The van der Waals surface area contributed by atoms with Crippen LogP contribution in [0.5, 0.6) is 0 Å². The molecule has 2 amide bonds. The van der Waals surface area contributed by atoms with Crippen LogP contribution in [0.4, 0.5) is 11.4 Å². The maximum absolute atomic E-state index is 13.6. The number of anilines is 2. The summed E-state index contributed by atoms with van der Waals surface area (Å²) in [5.41, 5.74) is 3.29. The Hall–Kier alpha value is -3.06. The van der Waals surface area contributed by atoms with Gasteiger partial charge in [-0.1, -0.05) is 23.4 Å². The zero-order valence-electron chi connectivity index (χ0n) is 17.9. The van der Waals surface area contributed by atoms with Crippen LogP contribution in [0.2, 0.25) is 0 Å². The van der Waals surface area contributed by atoms with Gasteiger partial charge in [0.15, 0.2) is 0 Å². The molecular weight excluding hydrogens is 410 g/mol. The summed E-state index contributed by atoms with van der Waals surface area (Å²) in [6.07, 6.45) is 2.22. The fourth-order valence-electron chi connectivity index (χ4n) is 3.90. The molecule has 31 heavy (non-hydrogen) atoms. The molecule has 0 radical (unpaired) electrons. The predicted octanol–water partition coefficient (Wildman–Crippen LogP) is 4.60. The highest BCUT2D eigenvalue weighted by Crippen LogP contribution is 2.30. The Morgan fingerprint density at radius 2 is 1.87 bits per heavy atom. The molecule has 1 saturated heterocycles. The van der Waals surface area contributed by atoms with Crippen molar-refractivity contribution in [3.63, 3.8) is 0 Å². The van der Waals surface area contributed by atoms with Crippen LogP contribution in [-0.2, 0) is 16.1 Å². The molecule has 4 rings (SSSR count). The van der Waals surface area contributed by atoms with E-state index in [1.165, 1.54) is 0 Å². The summed E-state index contributed by atoms with van der Waals surface area (Å²) in [6.45, 7) is 4.46. The summed E-state index contributed by atoms with van der Waals surface area (Å²) in [5, 5.41) is 4.02. The molecular formula is C24H25N3O3S. The maximum Gasteiger partial charge on any atom is 0.232 e. The first-order valence-corrected chi connectivity index (χ1v) is 11.4. The third kappa shape index (κ3) is 4.37. The number of para-hydroxylation sites is 1. The highest BCUT2D eigenvalue weighted by molar-refractivity contribution is 7.98. The number of rotatable bonds is 6. The number of benzene rings is 2. The number of nitrogens with zero attached hydrogens (tertiary/aromatic N) is 3. The number of carbonyl (C=O) groups is 2. The van der Waals surface area contributed by atoms with Crippen LogP contribution in [0, 0.1) is 19.8 Å². The number of carbonyl (C=O) groups excluding carboxylic acids is 2. The third-order valence-corrected chi connectivity index (χ3v) is 6.43. The number of aromatic nitrogens is 1. The van der Waals surface area contributed by atoms with Gasteiger partial charge in [0.2, 0.25) is 11.8 Å². The van der Waals surface area contributed by atoms with Gasteiger partial charge < -0.3 is 14.3 Å². The summed E-state index contributed by atoms with van der Waals surface area (Å²) < 4.78 is 5.30. The Labute approximate surface area is 186 Å². The van der Waals surface area contributed by atoms with Crippen molar-refractivity contribution in [3.05, 3.63) is 71.6 Å². The maximum atomic E-state index is 13.6. The Balaban J connectivity index is 1.59. The molecule has 3 aromatic rings. The van der Waals surface area contributed by atoms with E-state index in [4.69, 9.17) is 4.52 Å². The van der Waals surface area contributed by atoms with Crippen LogP contribution >= 0.6 is 11.8 Å². The Morgan fingerprint density at radius 1 is 1.16 bits per heavy atom.